The van der Waals surface area contributed by atoms with Crippen molar-refractivity contribution in [3.8, 4) is 29.1 Å². The van der Waals surface area contributed by atoms with Gasteiger partial charge in [-0.15, -0.1) is 11.8 Å². The number of nitrogens with zero attached hydrogens (tertiary/aromatic N) is 3. The maximum absolute atomic E-state index is 12.7. The number of carbonyl (C=O) groups is 2. The minimum Gasteiger partial charge on any atom is -0.507 e. The number of esters is 1. The minimum atomic E-state index is -0.916. The SMILES string of the molecule is Cc1cc2c(c(O)c1C)[C@@H]1C3[C@@H]4SCC(=O)C(=O)OC[C@@H](c5c6c(c(C)c(O)c54)OCO6)N3[C@@H](C#N)[C@H](C2)N1C.[Ac]. The predicted octanol–water partition coefficient (Wildman–Crippen LogP) is 2.88. The molecule has 0 saturated carbocycles. The summed E-state index contributed by atoms with van der Waals surface area (Å²) in [7, 11) is 1.97. The topological polar surface area (TPSA) is 133 Å². The van der Waals surface area contributed by atoms with Crippen molar-refractivity contribution in [1.82, 2.24) is 9.80 Å². The van der Waals surface area contributed by atoms with Crippen LogP contribution in [0.1, 0.15) is 56.3 Å². The van der Waals surface area contributed by atoms with E-state index >= 15 is 0 Å². The number of hydrogen-bond donors (Lipinski definition) is 2. The first-order valence-corrected chi connectivity index (χ1v) is 14.4. The van der Waals surface area contributed by atoms with Gasteiger partial charge in [0.05, 0.1) is 29.2 Å². The summed E-state index contributed by atoms with van der Waals surface area (Å²) in [5.41, 5.74) is 5.33. The zero-order chi connectivity index (χ0) is 28.2. The molecular formula is C29H29AcN3O7S. The van der Waals surface area contributed by atoms with Gasteiger partial charge in [0.2, 0.25) is 12.6 Å². The van der Waals surface area contributed by atoms with E-state index in [4.69, 9.17) is 14.2 Å². The van der Waals surface area contributed by atoms with E-state index < -0.39 is 35.1 Å². The number of ketones is 1. The number of cyclic esters (lactones) is 1. The fourth-order valence-corrected chi connectivity index (χ4v) is 8.84. The van der Waals surface area contributed by atoms with Crippen molar-refractivity contribution in [2.45, 2.75) is 62.7 Å². The zero-order valence-corrected chi connectivity index (χ0v) is 28.7. The van der Waals surface area contributed by atoms with E-state index in [9.17, 15) is 25.1 Å². The maximum Gasteiger partial charge on any atom is 0.375 e. The molecular weight excluding hydrogens is 761 g/mol. The van der Waals surface area contributed by atoms with Crippen molar-refractivity contribution >= 4 is 23.5 Å². The number of piperazine rings is 1. The molecule has 211 valence electrons. The van der Waals surface area contributed by atoms with Crippen LogP contribution in [0, 0.1) is 76.2 Å². The Hall–Kier alpha value is -2.02. The van der Waals surface area contributed by atoms with Gasteiger partial charge >= 0.3 is 5.97 Å². The van der Waals surface area contributed by atoms with Crippen LogP contribution in [0.15, 0.2) is 6.07 Å². The summed E-state index contributed by atoms with van der Waals surface area (Å²) in [4.78, 5) is 29.6. The number of thioether (sulfide) groups is 1. The summed E-state index contributed by atoms with van der Waals surface area (Å²) in [5.74, 6) is -0.558. The number of rotatable bonds is 0. The van der Waals surface area contributed by atoms with Crippen molar-refractivity contribution in [1.29, 1.82) is 5.26 Å². The van der Waals surface area contributed by atoms with Crippen molar-refractivity contribution in [3.63, 3.8) is 0 Å². The summed E-state index contributed by atoms with van der Waals surface area (Å²) >= 11 is 1.25. The molecule has 1 radical (unpaired) electrons. The molecule has 41 heavy (non-hydrogen) atoms. The number of aromatic hydroxyl groups is 2. The van der Waals surface area contributed by atoms with E-state index in [0.29, 0.717) is 34.6 Å². The van der Waals surface area contributed by atoms with Gasteiger partial charge in [0.1, 0.15) is 24.1 Å². The van der Waals surface area contributed by atoms with E-state index in [2.05, 4.69) is 21.9 Å². The molecule has 4 bridgehead atoms. The van der Waals surface area contributed by atoms with Crippen molar-refractivity contribution in [3.05, 3.63) is 45.0 Å². The van der Waals surface area contributed by atoms with Gasteiger partial charge in [-0.2, -0.15) is 5.26 Å². The van der Waals surface area contributed by atoms with E-state index in [-0.39, 0.29) is 86.8 Å². The van der Waals surface area contributed by atoms with Gasteiger partial charge in [-0.05, 0) is 50.9 Å². The largest absolute Gasteiger partial charge is 0.507 e. The molecule has 0 spiro atoms. The molecule has 2 fully saturated rings. The Morgan fingerprint density at radius 1 is 1.02 bits per heavy atom. The second kappa shape index (κ2) is 10.3. The van der Waals surface area contributed by atoms with Gasteiger partial charge in [0, 0.05) is 78.4 Å². The van der Waals surface area contributed by atoms with Gasteiger partial charge in [0.25, 0.3) is 0 Å². The molecule has 5 aliphatic heterocycles. The number of carbonyl (C=O) groups excluding carboxylic acids is 2. The van der Waals surface area contributed by atoms with Crippen LogP contribution < -0.4 is 9.47 Å². The van der Waals surface area contributed by atoms with Crippen LogP contribution >= 0.6 is 11.8 Å². The van der Waals surface area contributed by atoms with Crippen LogP contribution in [-0.4, -0.2) is 76.1 Å². The fourth-order valence-electron chi connectivity index (χ4n) is 7.50. The Morgan fingerprint density at radius 3 is 2.46 bits per heavy atom. The van der Waals surface area contributed by atoms with Crippen molar-refractivity contribution < 1.29 is 78.1 Å². The van der Waals surface area contributed by atoms with E-state index in [1.165, 1.54) is 11.8 Å². The van der Waals surface area contributed by atoms with Gasteiger partial charge in [-0.3, -0.25) is 14.6 Å². The number of phenolic OH excluding ortho intramolecular Hbond substituents is 2. The molecule has 1 unspecified atom stereocenters. The molecule has 0 aliphatic carbocycles. The van der Waals surface area contributed by atoms with Gasteiger partial charge < -0.3 is 24.4 Å². The van der Waals surface area contributed by atoms with Crippen molar-refractivity contribution in [2.24, 2.45) is 0 Å². The molecule has 6 atom stereocenters. The van der Waals surface area contributed by atoms with E-state index in [1.807, 2.05) is 20.9 Å². The number of ether oxygens (including phenoxy) is 3. The monoisotopic (exact) mass is 790 g/mol. The van der Waals surface area contributed by atoms with E-state index in [0.717, 1.165) is 22.3 Å². The number of nitriles is 1. The second-order valence-electron chi connectivity index (χ2n) is 11.3. The molecule has 7 rings (SSSR count). The number of aryl methyl sites for hydroxylation is 1. The number of Topliss-reactive ketones (excluding diaryl/α,β-unsaturated/α-hetero) is 1. The first-order valence-electron chi connectivity index (χ1n) is 13.3. The average Bonchev–Trinajstić information content (AvgIpc) is 3.42. The number of phenols is 2. The summed E-state index contributed by atoms with van der Waals surface area (Å²) < 4.78 is 17.3. The number of hydrogen-bond acceptors (Lipinski definition) is 11. The van der Waals surface area contributed by atoms with Crippen LogP contribution in [0.2, 0.25) is 0 Å². The molecule has 2 saturated heterocycles. The molecule has 0 amide bonds. The smallest absolute Gasteiger partial charge is 0.375 e. The molecule has 2 aromatic carbocycles. The number of fused-ring (bicyclic) bond motifs is 9. The second-order valence-corrected chi connectivity index (χ2v) is 12.4. The predicted molar refractivity (Wildman–Crippen MR) is 143 cm³/mol. The van der Waals surface area contributed by atoms with Crippen LogP contribution in [0.4, 0.5) is 0 Å². The molecule has 5 aliphatic rings. The Morgan fingerprint density at radius 2 is 1.73 bits per heavy atom. The standard InChI is InChI=1S/C29H29N3O7S.Ac/c1-11-5-14-6-15-16(7-30)32-17-8-37-29(36)18(33)9-40-28(23(32)22(31(15)4)19(14)24(34)12(11)2)21-20(17)27-26(38-10-39-27)13(3)25(21)35;/h5,15-17,22-23,28,34-35H,6,8-10H2,1-4H3;/t15-,16-,17-,22+,23?,28+;/m0./s1. The Bertz CT molecular complexity index is 1560. The van der Waals surface area contributed by atoms with Crippen LogP contribution in [0.25, 0.3) is 0 Å². The van der Waals surface area contributed by atoms with Crippen molar-refractivity contribution in [2.75, 3.05) is 26.2 Å². The van der Waals surface area contributed by atoms with Gasteiger partial charge in [-0.1, -0.05) is 6.07 Å². The molecule has 0 aromatic heterocycles. The average molecular weight is 791 g/mol. The molecule has 2 aromatic rings. The van der Waals surface area contributed by atoms with Gasteiger partial charge in [-0.25, -0.2) is 4.79 Å². The molecule has 2 N–H and O–H groups in total. The minimum absolute atomic E-state index is 0. The normalized spacial score (nSPS) is 29.9. The van der Waals surface area contributed by atoms with E-state index in [1.54, 1.807) is 6.92 Å². The number of benzene rings is 2. The first kappa shape index (κ1) is 29.1. The molecule has 5 heterocycles. The summed E-state index contributed by atoms with van der Waals surface area (Å²) in [6.45, 7) is 5.41. The Labute approximate surface area is 277 Å². The fraction of sp³-hybridized carbons (Fsp3) is 0.483. The Kier molecular flexibility index (Phi) is 7.31. The summed E-state index contributed by atoms with van der Waals surface area (Å²) in [6, 6.07) is 2.33. The first-order chi connectivity index (χ1) is 19.1. The zero-order valence-electron chi connectivity index (χ0n) is 23.1. The van der Waals surface area contributed by atoms with Gasteiger partial charge in [0.15, 0.2) is 11.5 Å². The summed E-state index contributed by atoms with van der Waals surface area (Å²) in [5, 5.41) is 33.3. The Balaban J connectivity index is 0.00000302. The molecule has 10 nitrogen and oxygen atoms in total. The van der Waals surface area contributed by atoms with Crippen LogP contribution in [-0.2, 0) is 20.7 Å². The third-order valence-electron chi connectivity index (χ3n) is 9.49. The third kappa shape index (κ3) is 3.92. The maximum atomic E-state index is 12.7. The summed E-state index contributed by atoms with van der Waals surface area (Å²) in [6.07, 6.45) is 0.561. The van der Waals surface area contributed by atoms with Crippen LogP contribution in [0.5, 0.6) is 23.0 Å². The number of likely N-dealkylation sites (N-methyl/N-ethyl adjacent to an activating group) is 1. The molecule has 12 heteroatoms. The quantitative estimate of drug-likeness (QED) is 0.302. The third-order valence-corrected chi connectivity index (χ3v) is 10.8. The van der Waals surface area contributed by atoms with Crippen LogP contribution in [0.3, 0.4) is 0 Å².